The lowest BCUT2D eigenvalue weighted by atomic mass is 10.1. The number of nitrogens with two attached hydrogens (primary N) is 1. The summed E-state index contributed by atoms with van der Waals surface area (Å²) in [6, 6.07) is 6.12. The highest BCUT2D eigenvalue weighted by atomic mass is 16.2. The minimum absolute atomic E-state index is 0.346. The molecule has 1 aromatic heterocycles. The second kappa shape index (κ2) is 8.05. The number of H-pyrrole nitrogens is 1. The van der Waals surface area contributed by atoms with Gasteiger partial charge >= 0.3 is 5.69 Å². The number of primary amides is 1. The van der Waals surface area contributed by atoms with Crippen molar-refractivity contribution in [3.63, 3.8) is 0 Å². The van der Waals surface area contributed by atoms with Crippen molar-refractivity contribution in [2.45, 2.75) is 32.2 Å². The molecular formula is C17H20N4O3. The summed E-state index contributed by atoms with van der Waals surface area (Å²) in [5, 5.41) is 2.66. The number of carbonyl (C=O) groups excluding carboxylic acids is 2. The van der Waals surface area contributed by atoms with E-state index in [0.29, 0.717) is 12.0 Å². The number of rotatable bonds is 7. The molecule has 1 atom stereocenters. The summed E-state index contributed by atoms with van der Waals surface area (Å²) < 4.78 is 0. The summed E-state index contributed by atoms with van der Waals surface area (Å²) in [4.78, 5) is 40.8. The zero-order valence-electron chi connectivity index (χ0n) is 13.4. The van der Waals surface area contributed by atoms with Crippen molar-refractivity contribution in [2.75, 3.05) is 0 Å². The van der Waals surface area contributed by atoms with Gasteiger partial charge in [-0.15, -0.1) is 0 Å². The van der Waals surface area contributed by atoms with Crippen LogP contribution in [-0.2, 0) is 4.79 Å². The van der Waals surface area contributed by atoms with E-state index in [0.717, 1.165) is 24.0 Å². The minimum atomic E-state index is -0.666. The summed E-state index contributed by atoms with van der Waals surface area (Å²) >= 11 is 0. The fourth-order valence-electron chi connectivity index (χ4n) is 2.25. The number of aromatic amines is 1. The summed E-state index contributed by atoms with van der Waals surface area (Å²) in [6.45, 7) is 2.00. The minimum Gasteiger partial charge on any atom is -0.368 e. The average molecular weight is 328 g/mol. The molecule has 1 heterocycles. The summed E-state index contributed by atoms with van der Waals surface area (Å²) in [5.74, 6) is -0.881. The molecule has 0 saturated carbocycles. The van der Waals surface area contributed by atoms with Crippen molar-refractivity contribution in [1.29, 1.82) is 0 Å². The van der Waals surface area contributed by atoms with Crippen LogP contribution < -0.4 is 16.7 Å². The summed E-state index contributed by atoms with van der Waals surface area (Å²) in [5.41, 5.74) is 6.89. The number of hydrogen-bond acceptors (Lipinski definition) is 4. The van der Waals surface area contributed by atoms with Gasteiger partial charge in [-0.3, -0.25) is 9.59 Å². The van der Waals surface area contributed by atoms with E-state index in [-0.39, 0.29) is 5.91 Å². The van der Waals surface area contributed by atoms with Crippen molar-refractivity contribution in [2.24, 2.45) is 5.73 Å². The molecule has 24 heavy (non-hydrogen) atoms. The Morgan fingerprint density at radius 1 is 1.25 bits per heavy atom. The lowest BCUT2D eigenvalue weighted by Gasteiger charge is -2.15. The predicted molar refractivity (Wildman–Crippen MR) is 90.3 cm³/mol. The van der Waals surface area contributed by atoms with Gasteiger partial charge in [-0.2, -0.15) is 0 Å². The van der Waals surface area contributed by atoms with Gasteiger partial charge in [0.15, 0.2) is 0 Å². The Morgan fingerprint density at radius 3 is 2.50 bits per heavy atom. The van der Waals surface area contributed by atoms with Crippen LogP contribution in [0.4, 0.5) is 0 Å². The smallest absolute Gasteiger partial charge is 0.344 e. The highest BCUT2D eigenvalue weighted by molar-refractivity contribution is 5.97. The van der Waals surface area contributed by atoms with Crippen LogP contribution in [0.1, 0.15) is 36.5 Å². The van der Waals surface area contributed by atoms with Crippen LogP contribution in [-0.4, -0.2) is 27.8 Å². The van der Waals surface area contributed by atoms with Gasteiger partial charge in [-0.05, 0) is 24.1 Å². The molecule has 4 N–H and O–H groups in total. The molecule has 0 radical (unpaired) electrons. The quantitative estimate of drug-likeness (QED) is 0.708. The Hall–Kier alpha value is -2.96. The number of nitrogens with zero attached hydrogens (tertiary/aromatic N) is 1. The number of unbranched alkanes of at least 4 members (excludes halogenated alkanes) is 1. The van der Waals surface area contributed by atoms with Gasteiger partial charge in [0.2, 0.25) is 5.91 Å². The van der Waals surface area contributed by atoms with E-state index in [1.165, 1.54) is 6.20 Å². The maximum Gasteiger partial charge on any atom is 0.344 e. The van der Waals surface area contributed by atoms with Crippen LogP contribution in [0.2, 0.25) is 0 Å². The fourth-order valence-corrected chi connectivity index (χ4v) is 2.25. The topological polar surface area (TPSA) is 118 Å². The Balaban J connectivity index is 2.09. The van der Waals surface area contributed by atoms with E-state index >= 15 is 0 Å². The Labute approximate surface area is 139 Å². The van der Waals surface area contributed by atoms with Crippen molar-refractivity contribution >= 4 is 11.8 Å². The zero-order valence-corrected chi connectivity index (χ0v) is 13.4. The Morgan fingerprint density at radius 2 is 1.96 bits per heavy atom. The predicted octanol–water partition coefficient (Wildman–Crippen LogP) is 1.21. The highest BCUT2D eigenvalue weighted by Gasteiger charge is 2.18. The molecule has 126 valence electrons. The SMILES string of the molecule is CCCC[C@@H](NC(=O)c1ccc(-c2cnc(=O)[nH]c2)cc1)C(N)=O. The Kier molecular flexibility index (Phi) is 5.83. The molecular weight excluding hydrogens is 308 g/mol. The first-order valence-electron chi connectivity index (χ1n) is 7.76. The van der Waals surface area contributed by atoms with E-state index in [1.54, 1.807) is 30.5 Å². The van der Waals surface area contributed by atoms with Crippen molar-refractivity contribution in [1.82, 2.24) is 15.3 Å². The molecule has 2 aromatic rings. The second-order valence-corrected chi connectivity index (χ2v) is 5.46. The molecule has 0 aliphatic heterocycles. The van der Waals surface area contributed by atoms with E-state index in [4.69, 9.17) is 5.73 Å². The Bertz CT molecular complexity index is 748. The monoisotopic (exact) mass is 328 g/mol. The van der Waals surface area contributed by atoms with E-state index in [1.807, 2.05) is 6.92 Å². The van der Waals surface area contributed by atoms with E-state index in [9.17, 15) is 14.4 Å². The highest BCUT2D eigenvalue weighted by Crippen LogP contribution is 2.17. The lowest BCUT2D eigenvalue weighted by molar-refractivity contribution is -0.120. The van der Waals surface area contributed by atoms with Crippen LogP contribution >= 0.6 is 0 Å². The third kappa shape index (κ3) is 4.52. The molecule has 1 aromatic carbocycles. The van der Waals surface area contributed by atoms with Gasteiger partial charge in [0.25, 0.3) is 5.91 Å². The van der Waals surface area contributed by atoms with Crippen molar-refractivity contribution in [3.05, 3.63) is 52.7 Å². The van der Waals surface area contributed by atoms with Gasteiger partial charge in [0, 0.05) is 23.5 Å². The molecule has 7 nitrogen and oxygen atoms in total. The molecule has 0 bridgehead atoms. The van der Waals surface area contributed by atoms with Crippen LogP contribution in [0.15, 0.2) is 41.5 Å². The normalized spacial score (nSPS) is 11.7. The number of benzene rings is 1. The maximum atomic E-state index is 12.2. The van der Waals surface area contributed by atoms with Gasteiger partial charge in [0.05, 0.1) is 0 Å². The molecule has 0 saturated heterocycles. The molecule has 7 heteroatoms. The van der Waals surface area contributed by atoms with Crippen LogP contribution in [0.3, 0.4) is 0 Å². The third-order valence-electron chi connectivity index (χ3n) is 3.65. The van der Waals surface area contributed by atoms with Gasteiger partial charge in [-0.25, -0.2) is 9.78 Å². The van der Waals surface area contributed by atoms with E-state index in [2.05, 4.69) is 15.3 Å². The lowest BCUT2D eigenvalue weighted by Crippen LogP contribution is -2.44. The molecule has 2 rings (SSSR count). The molecule has 2 amide bonds. The number of amides is 2. The molecule has 0 aliphatic carbocycles. The summed E-state index contributed by atoms with van der Waals surface area (Å²) in [7, 11) is 0. The third-order valence-corrected chi connectivity index (χ3v) is 3.65. The number of hydrogen-bond donors (Lipinski definition) is 3. The molecule has 0 spiro atoms. The first-order valence-corrected chi connectivity index (χ1v) is 7.76. The average Bonchev–Trinajstić information content (AvgIpc) is 2.59. The number of carbonyl (C=O) groups is 2. The molecule has 0 unspecified atom stereocenters. The largest absolute Gasteiger partial charge is 0.368 e. The second-order valence-electron chi connectivity index (χ2n) is 5.46. The van der Waals surface area contributed by atoms with Crippen LogP contribution in [0.5, 0.6) is 0 Å². The van der Waals surface area contributed by atoms with Gasteiger partial charge < -0.3 is 16.0 Å². The number of aromatic nitrogens is 2. The standard InChI is InChI=1S/C17H20N4O3/c1-2-3-4-14(15(18)22)21-16(23)12-7-5-11(6-8-12)13-9-19-17(24)20-10-13/h5-10,14H,2-4H2,1H3,(H2,18,22)(H,21,23)(H,19,20,24)/t14-/m1/s1. The first kappa shape index (κ1) is 17.4. The molecule has 0 aliphatic rings. The number of nitrogens with one attached hydrogen (secondary N) is 2. The first-order chi connectivity index (χ1) is 11.5. The van der Waals surface area contributed by atoms with Gasteiger partial charge in [-0.1, -0.05) is 31.9 Å². The van der Waals surface area contributed by atoms with Crippen LogP contribution in [0, 0.1) is 0 Å². The maximum absolute atomic E-state index is 12.2. The fraction of sp³-hybridized carbons (Fsp3) is 0.294. The molecule has 0 fully saturated rings. The van der Waals surface area contributed by atoms with E-state index < -0.39 is 17.6 Å². The van der Waals surface area contributed by atoms with Crippen molar-refractivity contribution < 1.29 is 9.59 Å². The van der Waals surface area contributed by atoms with Crippen molar-refractivity contribution in [3.8, 4) is 11.1 Å². The van der Waals surface area contributed by atoms with Crippen LogP contribution in [0.25, 0.3) is 11.1 Å². The van der Waals surface area contributed by atoms with Gasteiger partial charge in [0.1, 0.15) is 6.04 Å². The zero-order chi connectivity index (χ0) is 17.5. The summed E-state index contributed by atoms with van der Waals surface area (Å²) in [6.07, 6.45) is 5.27.